The molecule has 0 aliphatic carbocycles. The maximum atomic E-state index is 5.43. The smallest absolute Gasteiger partial charge is 0.134 e. The van der Waals surface area contributed by atoms with E-state index >= 15 is 0 Å². The third-order valence-electron chi connectivity index (χ3n) is 2.02. The fourth-order valence-corrected chi connectivity index (χ4v) is 2.00. The SMILES string of the molecule is CCSCc1coc2ccccc12. The zero-order valence-electron chi connectivity index (χ0n) is 7.62. The molecule has 0 amide bonds. The summed E-state index contributed by atoms with van der Waals surface area (Å²) in [7, 11) is 0. The number of thioether (sulfide) groups is 1. The number of fused-ring (bicyclic) bond motifs is 1. The van der Waals surface area contributed by atoms with Crippen molar-refractivity contribution in [2.75, 3.05) is 5.75 Å². The van der Waals surface area contributed by atoms with Crippen LogP contribution in [0.3, 0.4) is 0 Å². The van der Waals surface area contributed by atoms with Gasteiger partial charge in [0.05, 0.1) is 6.26 Å². The Hall–Kier alpha value is -0.890. The molecule has 2 aromatic rings. The van der Waals surface area contributed by atoms with Crippen LogP contribution in [-0.2, 0) is 5.75 Å². The number of hydrogen-bond donors (Lipinski definition) is 0. The van der Waals surface area contributed by atoms with E-state index in [1.54, 1.807) is 0 Å². The van der Waals surface area contributed by atoms with Crippen LogP contribution in [0.15, 0.2) is 34.9 Å². The maximum absolute atomic E-state index is 5.43. The van der Waals surface area contributed by atoms with Crippen LogP contribution in [0, 0.1) is 0 Å². The van der Waals surface area contributed by atoms with Crippen molar-refractivity contribution in [3.05, 3.63) is 36.1 Å². The van der Waals surface area contributed by atoms with E-state index in [1.807, 2.05) is 30.2 Å². The number of para-hydroxylation sites is 1. The highest BCUT2D eigenvalue weighted by atomic mass is 32.2. The molecule has 0 bridgehead atoms. The molecule has 13 heavy (non-hydrogen) atoms. The lowest BCUT2D eigenvalue weighted by atomic mass is 10.2. The third kappa shape index (κ3) is 1.73. The van der Waals surface area contributed by atoms with E-state index < -0.39 is 0 Å². The van der Waals surface area contributed by atoms with E-state index in [-0.39, 0.29) is 0 Å². The number of rotatable bonds is 3. The molecule has 0 aliphatic heterocycles. The molecule has 0 atom stereocenters. The largest absolute Gasteiger partial charge is 0.464 e. The van der Waals surface area contributed by atoms with Gasteiger partial charge in [0.25, 0.3) is 0 Å². The number of hydrogen-bond acceptors (Lipinski definition) is 2. The summed E-state index contributed by atoms with van der Waals surface area (Å²) in [5, 5.41) is 1.25. The molecule has 68 valence electrons. The fourth-order valence-electron chi connectivity index (χ4n) is 1.36. The molecule has 1 heterocycles. The van der Waals surface area contributed by atoms with Gasteiger partial charge in [0.2, 0.25) is 0 Å². The first kappa shape index (κ1) is 8.70. The fraction of sp³-hybridized carbons (Fsp3) is 0.273. The molecule has 0 spiro atoms. The van der Waals surface area contributed by atoms with Gasteiger partial charge in [-0.1, -0.05) is 25.1 Å². The van der Waals surface area contributed by atoms with Gasteiger partial charge >= 0.3 is 0 Å². The highest BCUT2D eigenvalue weighted by Crippen LogP contribution is 2.24. The van der Waals surface area contributed by atoms with Crippen molar-refractivity contribution in [2.24, 2.45) is 0 Å². The summed E-state index contributed by atoms with van der Waals surface area (Å²) < 4.78 is 5.43. The maximum Gasteiger partial charge on any atom is 0.134 e. The van der Waals surface area contributed by atoms with Gasteiger partial charge < -0.3 is 4.42 Å². The van der Waals surface area contributed by atoms with Crippen LogP contribution in [0.2, 0.25) is 0 Å². The van der Waals surface area contributed by atoms with Gasteiger partial charge in [0, 0.05) is 16.7 Å². The normalized spacial score (nSPS) is 10.8. The summed E-state index contributed by atoms with van der Waals surface area (Å²) in [6.07, 6.45) is 1.87. The van der Waals surface area contributed by atoms with Crippen molar-refractivity contribution in [2.45, 2.75) is 12.7 Å². The van der Waals surface area contributed by atoms with Gasteiger partial charge in [-0.05, 0) is 11.8 Å². The second-order valence-electron chi connectivity index (χ2n) is 2.89. The monoisotopic (exact) mass is 192 g/mol. The first-order valence-corrected chi connectivity index (χ1v) is 5.60. The summed E-state index contributed by atoms with van der Waals surface area (Å²) >= 11 is 1.92. The summed E-state index contributed by atoms with van der Waals surface area (Å²) in [6, 6.07) is 8.18. The van der Waals surface area contributed by atoms with Crippen molar-refractivity contribution < 1.29 is 4.42 Å². The van der Waals surface area contributed by atoms with Gasteiger partial charge in [-0.25, -0.2) is 0 Å². The molecule has 0 saturated carbocycles. The first-order chi connectivity index (χ1) is 6.42. The molecule has 2 rings (SSSR count). The molecule has 1 nitrogen and oxygen atoms in total. The molecule has 1 aromatic heterocycles. The number of benzene rings is 1. The Kier molecular flexibility index (Phi) is 2.60. The van der Waals surface area contributed by atoms with E-state index in [1.165, 1.54) is 10.9 Å². The molecule has 0 radical (unpaired) electrons. The van der Waals surface area contributed by atoms with Gasteiger partial charge in [-0.15, -0.1) is 0 Å². The van der Waals surface area contributed by atoms with Gasteiger partial charge in [-0.3, -0.25) is 0 Å². The number of furan rings is 1. The minimum atomic E-state index is 0.995. The summed E-state index contributed by atoms with van der Waals surface area (Å²) in [6.45, 7) is 2.17. The van der Waals surface area contributed by atoms with Crippen LogP contribution in [0.4, 0.5) is 0 Å². The second kappa shape index (κ2) is 3.88. The minimum Gasteiger partial charge on any atom is -0.464 e. The van der Waals surface area contributed by atoms with Crippen LogP contribution >= 0.6 is 11.8 Å². The van der Waals surface area contributed by atoms with E-state index in [0.717, 1.165) is 17.1 Å². The summed E-state index contributed by atoms with van der Waals surface area (Å²) in [5.41, 5.74) is 2.30. The molecule has 0 N–H and O–H groups in total. The summed E-state index contributed by atoms with van der Waals surface area (Å²) in [5.74, 6) is 2.20. The minimum absolute atomic E-state index is 0.995. The zero-order chi connectivity index (χ0) is 9.10. The standard InChI is InChI=1S/C11H12OS/c1-2-13-8-9-7-12-11-6-4-3-5-10(9)11/h3-7H,2,8H2,1H3. The lowest BCUT2D eigenvalue weighted by molar-refractivity contribution is 0.612. The van der Waals surface area contributed by atoms with E-state index in [0.29, 0.717) is 0 Å². The lowest BCUT2D eigenvalue weighted by Gasteiger charge is -1.94. The lowest BCUT2D eigenvalue weighted by Crippen LogP contribution is -1.77. The average Bonchev–Trinajstić information content (AvgIpc) is 2.58. The Balaban J connectivity index is 2.35. The highest BCUT2D eigenvalue weighted by Gasteiger charge is 2.03. The Morgan fingerprint density at radius 2 is 2.15 bits per heavy atom. The predicted molar refractivity (Wildman–Crippen MR) is 58.1 cm³/mol. The van der Waals surface area contributed by atoms with Crippen LogP contribution in [0.1, 0.15) is 12.5 Å². The topological polar surface area (TPSA) is 13.1 Å². The quantitative estimate of drug-likeness (QED) is 0.735. The van der Waals surface area contributed by atoms with Crippen molar-refractivity contribution >= 4 is 22.7 Å². The second-order valence-corrected chi connectivity index (χ2v) is 4.17. The highest BCUT2D eigenvalue weighted by molar-refractivity contribution is 7.98. The average molecular weight is 192 g/mol. The third-order valence-corrected chi connectivity index (χ3v) is 2.95. The predicted octanol–water partition coefficient (Wildman–Crippen LogP) is 3.69. The van der Waals surface area contributed by atoms with Gasteiger partial charge in [-0.2, -0.15) is 11.8 Å². The Labute approximate surface area is 82.1 Å². The van der Waals surface area contributed by atoms with Gasteiger partial charge in [0.15, 0.2) is 0 Å². The Bertz CT molecular complexity index is 392. The Morgan fingerprint density at radius 3 is 3.00 bits per heavy atom. The van der Waals surface area contributed by atoms with Crippen LogP contribution in [0.5, 0.6) is 0 Å². The van der Waals surface area contributed by atoms with E-state index in [4.69, 9.17) is 4.42 Å². The Morgan fingerprint density at radius 1 is 1.31 bits per heavy atom. The van der Waals surface area contributed by atoms with E-state index in [2.05, 4.69) is 19.1 Å². The molecule has 0 fully saturated rings. The van der Waals surface area contributed by atoms with Gasteiger partial charge in [0.1, 0.15) is 5.58 Å². The van der Waals surface area contributed by atoms with Crippen molar-refractivity contribution in [1.29, 1.82) is 0 Å². The molecule has 0 aliphatic rings. The molecular formula is C11H12OS. The van der Waals surface area contributed by atoms with Crippen molar-refractivity contribution in [1.82, 2.24) is 0 Å². The molecule has 0 saturated heterocycles. The zero-order valence-corrected chi connectivity index (χ0v) is 8.43. The summed E-state index contributed by atoms with van der Waals surface area (Å²) in [4.78, 5) is 0. The van der Waals surface area contributed by atoms with Crippen LogP contribution in [0.25, 0.3) is 11.0 Å². The van der Waals surface area contributed by atoms with Crippen LogP contribution < -0.4 is 0 Å². The first-order valence-electron chi connectivity index (χ1n) is 4.44. The van der Waals surface area contributed by atoms with E-state index in [9.17, 15) is 0 Å². The van der Waals surface area contributed by atoms with Crippen molar-refractivity contribution in [3.63, 3.8) is 0 Å². The molecule has 2 heteroatoms. The molecular weight excluding hydrogens is 180 g/mol. The van der Waals surface area contributed by atoms with Crippen molar-refractivity contribution in [3.8, 4) is 0 Å². The molecule has 0 unspecified atom stereocenters. The molecule has 1 aromatic carbocycles. The van der Waals surface area contributed by atoms with Crippen LogP contribution in [-0.4, -0.2) is 5.75 Å².